The van der Waals surface area contributed by atoms with Crippen molar-refractivity contribution >= 4 is 38.9 Å². The van der Waals surface area contributed by atoms with Crippen LogP contribution in [0.5, 0.6) is 0 Å². The van der Waals surface area contributed by atoms with Gasteiger partial charge in [-0.15, -0.1) is 0 Å². The topological polar surface area (TPSA) is 66.5 Å². The number of sulfonamides is 1. The van der Waals surface area contributed by atoms with E-state index < -0.39 is 10.0 Å². The van der Waals surface area contributed by atoms with Crippen LogP contribution in [0.1, 0.15) is 21.5 Å². The number of nitrogens with one attached hydrogen (secondary N) is 1. The molecule has 150 valence electrons. The van der Waals surface area contributed by atoms with Crippen molar-refractivity contribution in [2.45, 2.75) is 18.7 Å². The molecule has 3 aromatic carbocycles. The highest BCUT2D eigenvalue weighted by atomic mass is 35.5. The summed E-state index contributed by atoms with van der Waals surface area (Å²) in [6, 6.07) is 18.3. The molecule has 0 heterocycles. The lowest BCUT2D eigenvalue weighted by molar-refractivity contribution is 0.0993. The summed E-state index contributed by atoms with van der Waals surface area (Å²) in [7, 11) is -2.03. The number of carbonyl (C=O) groups excluding carboxylic acids is 1. The minimum absolute atomic E-state index is 0.190. The molecule has 0 aliphatic rings. The van der Waals surface area contributed by atoms with Crippen LogP contribution in [0, 0.1) is 13.8 Å². The van der Waals surface area contributed by atoms with E-state index in [1.807, 2.05) is 13.8 Å². The maximum Gasteiger partial charge on any atom is 0.261 e. The van der Waals surface area contributed by atoms with Crippen molar-refractivity contribution in [2.75, 3.05) is 16.7 Å². The van der Waals surface area contributed by atoms with Crippen LogP contribution in [0.25, 0.3) is 0 Å². The molecule has 1 amide bonds. The molecule has 7 heteroatoms. The molecule has 0 aromatic heterocycles. The SMILES string of the molecule is Cc1ccc(S(=O)(=O)Nc2ccc(N(C)C(=O)c3ccc(Cl)cc3)cc2)cc1C. The summed E-state index contributed by atoms with van der Waals surface area (Å²) in [5.74, 6) is -0.190. The third-order valence-electron chi connectivity index (χ3n) is 4.69. The van der Waals surface area contributed by atoms with E-state index in [-0.39, 0.29) is 10.8 Å². The van der Waals surface area contributed by atoms with E-state index in [2.05, 4.69) is 4.72 Å². The molecule has 0 unspecified atom stereocenters. The largest absolute Gasteiger partial charge is 0.311 e. The zero-order chi connectivity index (χ0) is 21.2. The number of hydrogen-bond acceptors (Lipinski definition) is 3. The van der Waals surface area contributed by atoms with Crippen LogP contribution in [0.15, 0.2) is 71.6 Å². The summed E-state index contributed by atoms with van der Waals surface area (Å²) in [6.07, 6.45) is 0. The Morgan fingerprint density at radius 2 is 1.52 bits per heavy atom. The molecule has 0 bridgehead atoms. The normalized spacial score (nSPS) is 11.2. The number of aryl methyl sites for hydroxylation is 2. The van der Waals surface area contributed by atoms with E-state index >= 15 is 0 Å². The maximum absolute atomic E-state index is 12.6. The van der Waals surface area contributed by atoms with Crippen LogP contribution >= 0.6 is 11.6 Å². The van der Waals surface area contributed by atoms with Crippen molar-refractivity contribution in [3.8, 4) is 0 Å². The molecule has 0 aliphatic heterocycles. The van der Waals surface area contributed by atoms with Crippen LogP contribution in [-0.2, 0) is 10.0 Å². The molecule has 3 aromatic rings. The van der Waals surface area contributed by atoms with E-state index in [1.165, 1.54) is 4.90 Å². The zero-order valence-corrected chi connectivity index (χ0v) is 17.9. The molecule has 0 spiro atoms. The first kappa shape index (κ1) is 20.9. The number of benzene rings is 3. The Kier molecular flexibility index (Phi) is 5.96. The number of hydrogen-bond donors (Lipinski definition) is 1. The second-order valence-corrected chi connectivity index (χ2v) is 8.89. The average molecular weight is 429 g/mol. The summed E-state index contributed by atoms with van der Waals surface area (Å²) < 4.78 is 27.8. The third kappa shape index (κ3) is 4.78. The first-order valence-corrected chi connectivity index (χ1v) is 10.8. The zero-order valence-electron chi connectivity index (χ0n) is 16.3. The van der Waals surface area contributed by atoms with Gasteiger partial charge >= 0.3 is 0 Å². The molecular formula is C22H21ClN2O3S. The Morgan fingerprint density at radius 3 is 2.10 bits per heavy atom. The molecular weight excluding hydrogens is 408 g/mol. The Balaban J connectivity index is 1.76. The van der Waals surface area contributed by atoms with Gasteiger partial charge in [-0.25, -0.2) is 8.42 Å². The van der Waals surface area contributed by atoms with E-state index in [4.69, 9.17) is 11.6 Å². The summed E-state index contributed by atoms with van der Waals surface area (Å²) in [4.78, 5) is 14.3. The van der Waals surface area contributed by atoms with Gasteiger partial charge in [0.25, 0.3) is 15.9 Å². The monoisotopic (exact) mass is 428 g/mol. The van der Waals surface area contributed by atoms with Gasteiger partial charge in [0.05, 0.1) is 4.90 Å². The first-order chi connectivity index (χ1) is 13.7. The summed E-state index contributed by atoms with van der Waals surface area (Å²) in [5, 5.41) is 0.560. The Hall–Kier alpha value is -2.83. The van der Waals surface area contributed by atoms with Crippen molar-refractivity contribution in [3.63, 3.8) is 0 Å². The number of amides is 1. The molecule has 3 rings (SSSR count). The lowest BCUT2D eigenvalue weighted by Gasteiger charge is -2.18. The number of nitrogens with zero attached hydrogens (tertiary/aromatic N) is 1. The molecule has 0 saturated heterocycles. The highest BCUT2D eigenvalue weighted by molar-refractivity contribution is 7.92. The molecule has 0 atom stereocenters. The standard InChI is InChI=1S/C22H21ClN2O3S/c1-15-4-13-21(14-16(15)2)29(27,28)24-19-9-11-20(12-10-19)25(3)22(26)17-5-7-18(23)8-6-17/h4-14,24H,1-3H3. The van der Waals surface area contributed by atoms with E-state index in [0.29, 0.717) is 22.0 Å². The second-order valence-electron chi connectivity index (χ2n) is 6.77. The quantitative estimate of drug-likeness (QED) is 0.619. The average Bonchev–Trinajstić information content (AvgIpc) is 2.70. The number of anilines is 2. The van der Waals surface area contributed by atoms with Gasteiger partial charge in [0, 0.05) is 29.0 Å². The second kappa shape index (κ2) is 8.27. The summed E-state index contributed by atoms with van der Waals surface area (Å²) >= 11 is 5.86. The molecule has 1 N–H and O–H groups in total. The van der Waals surface area contributed by atoms with Crippen LogP contribution in [-0.4, -0.2) is 21.4 Å². The van der Waals surface area contributed by atoms with Crippen molar-refractivity contribution in [1.82, 2.24) is 0 Å². The van der Waals surface area contributed by atoms with Gasteiger partial charge in [0.15, 0.2) is 0 Å². The molecule has 0 radical (unpaired) electrons. The van der Waals surface area contributed by atoms with E-state index in [9.17, 15) is 13.2 Å². The fourth-order valence-corrected chi connectivity index (χ4v) is 4.02. The van der Waals surface area contributed by atoms with E-state index in [1.54, 1.807) is 73.8 Å². The highest BCUT2D eigenvalue weighted by Gasteiger charge is 2.16. The van der Waals surface area contributed by atoms with Gasteiger partial charge in [-0.3, -0.25) is 9.52 Å². The molecule has 5 nitrogen and oxygen atoms in total. The smallest absolute Gasteiger partial charge is 0.261 e. The van der Waals surface area contributed by atoms with Crippen LogP contribution in [0.3, 0.4) is 0 Å². The van der Waals surface area contributed by atoms with Gasteiger partial charge in [-0.2, -0.15) is 0 Å². The molecule has 29 heavy (non-hydrogen) atoms. The predicted octanol–water partition coefficient (Wildman–Crippen LogP) is 5.03. The number of carbonyl (C=O) groups is 1. The predicted molar refractivity (Wildman–Crippen MR) is 117 cm³/mol. The van der Waals surface area contributed by atoms with Gasteiger partial charge < -0.3 is 4.90 Å². The minimum atomic E-state index is -3.69. The summed E-state index contributed by atoms with van der Waals surface area (Å²) in [5.41, 5.74) is 3.50. The van der Waals surface area contributed by atoms with Crippen LogP contribution < -0.4 is 9.62 Å². The molecule has 0 saturated carbocycles. The fourth-order valence-electron chi connectivity index (χ4n) is 2.75. The first-order valence-electron chi connectivity index (χ1n) is 8.91. The van der Waals surface area contributed by atoms with Gasteiger partial charge in [-0.05, 0) is 85.6 Å². The fraction of sp³-hybridized carbons (Fsp3) is 0.136. The molecule has 0 aliphatic carbocycles. The summed E-state index contributed by atoms with van der Waals surface area (Å²) in [6.45, 7) is 3.80. The lowest BCUT2D eigenvalue weighted by atomic mass is 10.1. The number of rotatable bonds is 5. The minimum Gasteiger partial charge on any atom is -0.311 e. The van der Waals surface area contributed by atoms with Crippen LogP contribution in [0.4, 0.5) is 11.4 Å². The highest BCUT2D eigenvalue weighted by Crippen LogP contribution is 2.23. The van der Waals surface area contributed by atoms with Crippen molar-refractivity contribution in [3.05, 3.63) is 88.4 Å². The maximum atomic E-state index is 12.6. The van der Waals surface area contributed by atoms with E-state index in [0.717, 1.165) is 11.1 Å². The lowest BCUT2D eigenvalue weighted by Crippen LogP contribution is -2.26. The van der Waals surface area contributed by atoms with Gasteiger partial charge in [0.2, 0.25) is 0 Å². The van der Waals surface area contributed by atoms with Crippen molar-refractivity contribution in [2.24, 2.45) is 0 Å². The third-order valence-corrected chi connectivity index (χ3v) is 6.32. The number of halogens is 1. The van der Waals surface area contributed by atoms with Crippen molar-refractivity contribution < 1.29 is 13.2 Å². The Bertz CT molecular complexity index is 1140. The Morgan fingerprint density at radius 1 is 0.897 bits per heavy atom. The van der Waals surface area contributed by atoms with Gasteiger partial charge in [0.1, 0.15) is 0 Å². The van der Waals surface area contributed by atoms with Crippen molar-refractivity contribution in [1.29, 1.82) is 0 Å². The molecule has 0 fully saturated rings. The van der Waals surface area contributed by atoms with Crippen LogP contribution in [0.2, 0.25) is 5.02 Å². The van der Waals surface area contributed by atoms with Gasteiger partial charge in [-0.1, -0.05) is 17.7 Å². The Labute approximate surface area is 176 Å².